The number of carbonyl (C=O) groups excluding carboxylic acids is 1. The zero-order valence-corrected chi connectivity index (χ0v) is 20.3. The van der Waals surface area contributed by atoms with E-state index in [2.05, 4.69) is 25.6 Å². The number of aromatic amines is 1. The third-order valence-electron chi connectivity index (χ3n) is 6.31. The van der Waals surface area contributed by atoms with E-state index in [1.807, 2.05) is 0 Å². The minimum Gasteiger partial charge on any atom is -0.374 e. The Kier molecular flexibility index (Phi) is 6.34. The zero-order valence-electron chi connectivity index (χ0n) is 19.5. The molecule has 2 aliphatic rings. The number of anilines is 3. The summed E-state index contributed by atoms with van der Waals surface area (Å²) in [6.45, 7) is 0.571. The van der Waals surface area contributed by atoms with E-state index in [1.165, 1.54) is 18.2 Å². The Hall–Kier alpha value is -3.26. The second kappa shape index (κ2) is 9.24. The van der Waals surface area contributed by atoms with Crippen molar-refractivity contribution in [3.8, 4) is 0 Å². The number of halogens is 4. The first-order chi connectivity index (χ1) is 17.4. The number of aromatic nitrogens is 3. The van der Waals surface area contributed by atoms with Gasteiger partial charge in [-0.2, -0.15) is 0 Å². The molecular formula is C23H23F4N5O4S. The van der Waals surface area contributed by atoms with Gasteiger partial charge in [0.25, 0.3) is 12.3 Å². The van der Waals surface area contributed by atoms with E-state index in [4.69, 9.17) is 4.74 Å². The van der Waals surface area contributed by atoms with Crippen molar-refractivity contribution in [2.45, 2.75) is 49.0 Å². The molecule has 2 aromatic heterocycles. The molecule has 1 saturated carbocycles. The van der Waals surface area contributed by atoms with E-state index < -0.39 is 46.3 Å². The van der Waals surface area contributed by atoms with Crippen LogP contribution in [0.2, 0.25) is 0 Å². The maximum absolute atomic E-state index is 13.3. The van der Waals surface area contributed by atoms with Crippen molar-refractivity contribution in [3.63, 3.8) is 0 Å². The molecule has 2 atom stereocenters. The van der Waals surface area contributed by atoms with Crippen molar-refractivity contribution in [1.29, 1.82) is 0 Å². The molecule has 14 heteroatoms. The van der Waals surface area contributed by atoms with Crippen LogP contribution in [0.5, 0.6) is 0 Å². The van der Waals surface area contributed by atoms with Gasteiger partial charge in [-0.3, -0.25) is 4.79 Å². The van der Waals surface area contributed by atoms with Crippen LogP contribution in [-0.4, -0.2) is 48.1 Å². The number of pyridine rings is 1. The Morgan fingerprint density at radius 2 is 1.95 bits per heavy atom. The summed E-state index contributed by atoms with van der Waals surface area (Å²) in [5.41, 5.74) is 0.684. The number of sulfone groups is 1. The Balaban J connectivity index is 1.54. The molecule has 3 N–H and O–H groups in total. The predicted octanol–water partition coefficient (Wildman–Crippen LogP) is 4.88. The lowest BCUT2D eigenvalue weighted by Gasteiger charge is -2.24. The van der Waals surface area contributed by atoms with E-state index >= 15 is 0 Å². The minimum absolute atomic E-state index is 0.0178. The average molecular weight is 542 g/mol. The Bertz CT molecular complexity index is 1470. The SMILES string of the molecule is CS(=O)(=O)c1cc(C2CCCCO2)ccc1Nc1cc(NC(=O)C2CC2(F)F)nc2nc(C(F)F)[nH]c12. The standard InChI is InChI=1S/C23H23F4N5O4S/c1-37(34,35)16-8-11(15-4-2-3-7-36-15)5-6-13(16)28-14-9-17(30-22(33)12-10-23(12,26)27)29-20-18(14)31-21(32-20)19(24)25/h5-6,8-9,12,15,19H,2-4,7,10H2,1H3,(H3,28,29,30,31,32,33). The number of fused-ring (bicyclic) bond motifs is 1. The number of amides is 1. The third kappa shape index (κ3) is 5.25. The number of alkyl halides is 4. The largest absolute Gasteiger partial charge is 0.374 e. The van der Waals surface area contributed by atoms with Crippen LogP contribution >= 0.6 is 0 Å². The highest BCUT2D eigenvalue weighted by Gasteiger charge is 2.61. The number of nitrogens with one attached hydrogen (secondary N) is 3. The normalized spacial score (nSPS) is 21.2. The summed E-state index contributed by atoms with van der Waals surface area (Å²) in [7, 11) is -3.75. The van der Waals surface area contributed by atoms with E-state index in [0.717, 1.165) is 25.5 Å². The lowest BCUT2D eigenvalue weighted by atomic mass is 10.0. The fraction of sp³-hybridized carbons (Fsp3) is 0.435. The highest BCUT2D eigenvalue weighted by molar-refractivity contribution is 7.90. The van der Waals surface area contributed by atoms with Crippen LogP contribution in [0.4, 0.5) is 34.8 Å². The lowest BCUT2D eigenvalue weighted by molar-refractivity contribution is -0.119. The first kappa shape index (κ1) is 25.4. The second-order valence-corrected chi connectivity index (χ2v) is 11.2. The fourth-order valence-electron chi connectivity index (χ4n) is 4.28. The van der Waals surface area contributed by atoms with Gasteiger partial charge in [-0.25, -0.2) is 35.9 Å². The fourth-order valence-corrected chi connectivity index (χ4v) is 5.15. The van der Waals surface area contributed by atoms with Gasteiger partial charge in [0.1, 0.15) is 17.3 Å². The van der Waals surface area contributed by atoms with Crippen molar-refractivity contribution < 1.29 is 35.5 Å². The van der Waals surface area contributed by atoms with Crippen LogP contribution in [0, 0.1) is 5.92 Å². The predicted molar refractivity (Wildman–Crippen MR) is 126 cm³/mol. The molecule has 37 heavy (non-hydrogen) atoms. The number of carbonyl (C=O) groups is 1. The molecule has 0 bridgehead atoms. The summed E-state index contributed by atoms with van der Waals surface area (Å²) >= 11 is 0. The minimum atomic E-state index is -3.75. The number of ether oxygens (including phenoxy) is 1. The molecule has 3 aromatic rings. The van der Waals surface area contributed by atoms with E-state index in [-0.39, 0.29) is 39.4 Å². The molecule has 5 rings (SSSR count). The second-order valence-electron chi connectivity index (χ2n) is 9.19. The van der Waals surface area contributed by atoms with Gasteiger partial charge < -0.3 is 20.4 Å². The van der Waals surface area contributed by atoms with Gasteiger partial charge in [0.15, 0.2) is 21.3 Å². The maximum Gasteiger partial charge on any atom is 0.295 e. The van der Waals surface area contributed by atoms with Gasteiger partial charge in [0.2, 0.25) is 5.91 Å². The number of imidazole rings is 1. The van der Waals surface area contributed by atoms with Crippen LogP contribution in [0.3, 0.4) is 0 Å². The van der Waals surface area contributed by atoms with E-state index in [9.17, 15) is 30.8 Å². The van der Waals surface area contributed by atoms with Crippen molar-refractivity contribution in [2.75, 3.05) is 23.5 Å². The molecule has 1 amide bonds. The van der Waals surface area contributed by atoms with Gasteiger partial charge in [-0.15, -0.1) is 0 Å². The number of benzene rings is 1. The molecule has 0 spiro atoms. The summed E-state index contributed by atoms with van der Waals surface area (Å²) in [6, 6.07) is 5.98. The summed E-state index contributed by atoms with van der Waals surface area (Å²) in [5, 5.41) is 5.17. The molecule has 3 heterocycles. The van der Waals surface area contributed by atoms with Gasteiger partial charge >= 0.3 is 0 Å². The first-order valence-corrected chi connectivity index (χ1v) is 13.4. The van der Waals surface area contributed by atoms with Crippen molar-refractivity contribution in [1.82, 2.24) is 15.0 Å². The van der Waals surface area contributed by atoms with Crippen molar-refractivity contribution in [3.05, 3.63) is 35.7 Å². The molecule has 2 fully saturated rings. The molecule has 1 aromatic carbocycles. The Morgan fingerprint density at radius 3 is 2.57 bits per heavy atom. The molecular weight excluding hydrogens is 518 g/mol. The smallest absolute Gasteiger partial charge is 0.295 e. The average Bonchev–Trinajstić information content (AvgIpc) is 3.27. The number of hydrogen-bond acceptors (Lipinski definition) is 7. The molecule has 1 aliphatic carbocycles. The van der Waals surface area contributed by atoms with E-state index in [1.54, 1.807) is 6.07 Å². The maximum atomic E-state index is 13.3. The monoisotopic (exact) mass is 541 g/mol. The number of rotatable bonds is 7. The van der Waals surface area contributed by atoms with Gasteiger partial charge in [-0.05, 0) is 37.0 Å². The van der Waals surface area contributed by atoms with Crippen LogP contribution in [-0.2, 0) is 19.4 Å². The first-order valence-electron chi connectivity index (χ1n) is 11.5. The molecule has 1 aliphatic heterocycles. The number of H-pyrrole nitrogens is 1. The van der Waals surface area contributed by atoms with Crippen LogP contribution in [0.25, 0.3) is 11.2 Å². The van der Waals surface area contributed by atoms with Crippen molar-refractivity contribution >= 4 is 44.1 Å². The van der Waals surface area contributed by atoms with Crippen LogP contribution in [0.15, 0.2) is 29.2 Å². The molecule has 198 valence electrons. The summed E-state index contributed by atoms with van der Waals surface area (Å²) in [5.74, 6) is -6.50. The summed E-state index contributed by atoms with van der Waals surface area (Å²) in [6.07, 6.45) is -0.163. The quantitative estimate of drug-likeness (QED) is 0.364. The highest BCUT2D eigenvalue weighted by atomic mass is 32.2. The molecule has 0 radical (unpaired) electrons. The van der Waals surface area contributed by atoms with E-state index in [0.29, 0.717) is 12.2 Å². The van der Waals surface area contributed by atoms with Crippen LogP contribution < -0.4 is 10.6 Å². The zero-order chi connectivity index (χ0) is 26.5. The lowest BCUT2D eigenvalue weighted by Crippen LogP contribution is -2.18. The van der Waals surface area contributed by atoms with Crippen LogP contribution in [0.1, 0.15) is 49.6 Å². The number of hydrogen-bond donors (Lipinski definition) is 3. The molecule has 9 nitrogen and oxygen atoms in total. The van der Waals surface area contributed by atoms with Crippen molar-refractivity contribution in [2.24, 2.45) is 5.92 Å². The third-order valence-corrected chi connectivity index (χ3v) is 7.44. The Labute approximate surface area is 208 Å². The summed E-state index contributed by atoms with van der Waals surface area (Å²) < 4.78 is 84.4. The van der Waals surface area contributed by atoms with Gasteiger partial charge in [-0.1, -0.05) is 6.07 Å². The number of nitrogens with zero attached hydrogens (tertiary/aromatic N) is 2. The summed E-state index contributed by atoms with van der Waals surface area (Å²) in [4.78, 5) is 22.3. The topological polar surface area (TPSA) is 126 Å². The Morgan fingerprint density at radius 1 is 1.19 bits per heavy atom. The molecule has 2 unspecified atom stereocenters. The highest BCUT2D eigenvalue weighted by Crippen LogP contribution is 2.49. The van der Waals surface area contributed by atoms with Gasteiger partial charge in [0.05, 0.1) is 22.4 Å². The molecule has 1 saturated heterocycles. The van der Waals surface area contributed by atoms with Gasteiger partial charge in [0, 0.05) is 25.3 Å².